The Labute approximate surface area is 129 Å². The maximum atomic E-state index is 12.0. The van der Waals surface area contributed by atoms with Crippen LogP contribution in [0, 0.1) is 0 Å². The van der Waals surface area contributed by atoms with E-state index < -0.39 is 5.97 Å². The van der Waals surface area contributed by atoms with Gasteiger partial charge in [-0.05, 0) is 38.5 Å². The van der Waals surface area contributed by atoms with Crippen molar-refractivity contribution < 1.29 is 14.7 Å². The molecule has 1 unspecified atom stereocenters. The number of nitrogens with zero attached hydrogens (tertiary/aromatic N) is 1. The van der Waals surface area contributed by atoms with Crippen molar-refractivity contribution in [3.63, 3.8) is 0 Å². The molecule has 0 spiro atoms. The summed E-state index contributed by atoms with van der Waals surface area (Å²) < 4.78 is 0. The van der Waals surface area contributed by atoms with Gasteiger partial charge in [-0.15, -0.1) is 0 Å². The molecule has 1 atom stereocenters. The summed E-state index contributed by atoms with van der Waals surface area (Å²) in [6.07, 6.45) is 0. The summed E-state index contributed by atoms with van der Waals surface area (Å²) in [5.74, 6) is -1.14. The number of benzene rings is 1. The van der Waals surface area contributed by atoms with Crippen LogP contribution in [0.1, 0.15) is 32.4 Å². The van der Waals surface area contributed by atoms with Crippen LogP contribution in [0.15, 0.2) is 24.3 Å². The van der Waals surface area contributed by atoms with Gasteiger partial charge in [-0.25, -0.2) is 0 Å². The topological polar surface area (TPSA) is 69.6 Å². The number of carbonyl (C=O) groups excluding carboxylic acids is 1. The maximum Gasteiger partial charge on any atom is 0.317 e. The minimum atomic E-state index is -0.942. The molecule has 5 nitrogen and oxygen atoms in total. The fourth-order valence-electron chi connectivity index (χ4n) is 1.90. The van der Waals surface area contributed by atoms with Crippen LogP contribution < -0.4 is 5.32 Å². The lowest BCUT2D eigenvalue weighted by atomic mass is 10.1. The Morgan fingerprint density at radius 2 is 1.76 bits per heavy atom. The summed E-state index contributed by atoms with van der Waals surface area (Å²) in [6, 6.07) is 7.07. The Morgan fingerprint density at radius 3 is 2.24 bits per heavy atom. The minimum absolute atomic E-state index is 0.0160. The average Bonchev–Trinajstić information content (AvgIpc) is 2.37. The van der Waals surface area contributed by atoms with Gasteiger partial charge in [0.25, 0.3) is 0 Å². The summed E-state index contributed by atoms with van der Waals surface area (Å²) in [4.78, 5) is 24.4. The summed E-state index contributed by atoms with van der Waals surface area (Å²) in [7, 11) is 0. The van der Waals surface area contributed by atoms with Crippen molar-refractivity contribution in [3.8, 4) is 0 Å². The monoisotopic (exact) mass is 312 g/mol. The number of hydrogen-bond donors (Lipinski definition) is 2. The molecule has 1 aromatic rings. The zero-order chi connectivity index (χ0) is 16.0. The summed E-state index contributed by atoms with van der Waals surface area (Å²) in [5, 5.41) is 12.3. The molecule has 6 heteroatoms. The number of aliphatic carboxylic acids is 1. The molecule has 2 N–H and O–H groups in total. The maximum absolute atomic E-state index is 12.0. The van der Waals surface area contributed by atoms with Crippen LogP contribution in [0.4, 0.5) is 0 Å². The SMILES string of the molecule is CC(NC(=O)CN(CC(=O)O)C(C)C)c1ccc(Cl)cc1. The number of carbonyl (C=O) groups is 2. The number of carboxylic acid groups (broad SMARTS) is 1. The zero-order valence-electron chi connectivity index (χ0n) is 12.5. The zero-order valence-corrected chi connectivity index (χ0v) is 13.2. The second-order valence-corrected chi connectivity index (χ2v) is 5.67. The number of rotatable bonds is 7. The molecule has 0 radical (unpaired) electrons. The van der Waals surface area contributed by atoms with Gasteiger partial charge >= 0.3 is 5.97 Å². The first kappa shape index (κ1) is 17.5. The highest BCUT2D eigenvalue weighted by Gasteiger charge is 2.18. The van der Waals surface area contributed by atoms with Crippen LogP contribution in [0.3, 0.4) is 0 Å². The molecule has 116 valence electrons. The highest BCUT2D eigenvalue weighted by atomic mass is 35.5. The third-order valence-electron chi connectivity index (χ3n) is 3.16. The molecule has 0 bridgehead atoms. The molecule has 0 heterocycles. The van der Waals surface area contributed by atoms with E-state index in [2.05, 4.69) is 5.32 Å². The lowest BCUT2D eigenvalue weighted by Crippen LogP contribution is -2.43. The van der Waals surface area contributed by atoms with Gasteiger partial charge in [0, 0.05) is 11.1 Å². The molecule has 1 aromatic carbocycles. The normalized spacial score (nSPS) is 12.5. The third kappa shape index (κ3) is 6.14. The van der Waals surface area contributed by atoms with Gasteiger partial charge in [0.05, 0.1) is 19.1 Å². The van der Waals surface area contributed by atoms with Crippen LogP contribution in [0.2, 0.25) is 5.02 Å². The van der Waals surface area contributed by atoms with E-state index in [0.717, 1.165) is 5.56 Å². The van der Waals surface area contributed by atoms with Crippen LogP contribution in [0.5, 0.6) is 0 Å². The van der Waals surface area contributed by atoms with Crippen molar-refractivity contribution in [1.29, 1.82) is 0 Å². The Kier molecular flexibility index (Phi) is 6.65. The van der Waals surface area contributed by atoms with E-state index in [0.29, 0.717) is 5.02 Å². The van der Waals surface area contributed by atoms with E-state index in [4.69, 9.17) is 16.7 Å². The number of nitrogens with one attached hydrogen (secondary N) is 1. The predicted octanol–water partition coefficient (Wildman–Crippen LogP) is 2.31. The summed E-state index contributed by atoms with van der Waals surface area (Å²) in [5.41, 5.74) is 0.946. The molecule has 0 aliphatic rings. The van der Waals surface area contributed by atoms with E-state index in [9.17, 15) is 9.59 Å². The van der Waals surface area contributed by atoms with Gasteiger partial charge in [-0.1, -0.05) is 23.7 Å². The smallest absolute Gasteiger partial charge is 0.317 e. The molecule has 0 aliphatic heterocycles. The predicted molar refractivity (Wildman–Crippen MR) is 82.4 cm³/mol. The van der Waals surface area contributed by atoms with Gasteiger partial charge in [0.15, 0.2) is 0 Å². The van der Waals surface area contributed by atoms with E-state index >= 15 is 0 Å². The second kappa shape index (κ2) is 8.00. The number of carboxylic acids is 1. The molecule has 0 fully saturated rings. The first-order valence-corrected chi connectivity index (χ1v) is 7.18. The summed E-state index contributed by atoms with van der Waals surface area (Å²) in [6.45, 7) is 5.50. The molecule has 0 saturated heterocycles. The van der Waals surface area contributed by atoms with Crippen molar-refractivity contribution in [2.24, 2.45) is 0 Å². The lowest BCUT2D eigenvalue weighted by molar-refractivity contribution is -0.139. The van der Waals surface area contributed by atoms with Crippen molar-refractivity contribution in [1.82, 2.24) is 10.2 Å². The average molecular weight is 313 g/mol. The number of amides is 1. The number of hydrogen-bond acceptors (Lipinski definition) is 3. The van der Waals surface area contributed by atoms with E-state index in [1.165, 1.54) is 0 Å². The quantitative estimate of drug-likeness (QED) is 0.810. The van der Waals surface area contributed by atoms with E-state index in [1.54, 1.807) is 17.0 Å². The van der Waals surface area contributed by atoms with Crippen molar-refractivity contribution in [3.05, 3.63) is 34.9 Å². The molecular formula is C15H21ClN2O3. The highest BCUT2D eigenvalue weighted by Crippen LogP contribution is 2.15. The van der Waals surface area contributed by atoms with Crippen molar-refractivity contribution >= 4 is 23.5 Å². The van der Waals surface area contributed by atoms with Gasteiger partial charge in [0.2, 0.25) is 5.91 Å². The standard InChI is InChI=1S/C15H21ClN2O3/c1-10(2)18(9-15(20)21)8-14(19)17-11(3)12-4-6-13(16)7-5-12/h4-7,10-11H,8-9H2,1-3H3,(H,17,19)(H,20,21). The first-order valence-electron chi connectivity index (χ1n) is 6.80. The second-order valence-electron chi connectivity index (χ2n) is 5.23. The third-order valence-corrected chi connectivity index (χ3v) is 3.41. The van der Waals surface area contributed by atoms with Crippen LogP contribution in [-0.4, -0.2) is 41.0 Å². The van der Waals surface area contributed by atoms with Crippen LogP contribution >= 0.6 is 11.6 Å². The summed E-state index contributed by atoms with van der Waals surface area (Å²) >= 11 is 5.82. The fraction of sp³-hybridized carbons (Fsp3) is 0.467. The molecular weight excluding hydrogens is 292 g/mol. The molecule has 1 rings (SSSR count). The Morgan fingerprint density at radius 1 is 1.19 bits per heavy atom. The molecule has 0 aliphatic carbocycles. The van der Waals surface area contributed by atoms with Gasteiger partial charge in [0.1, 0.15) is 0 Å². The van der Waals surface area contributed by atoms with Crippen LogP contribution in [-0.2, 0) is 9.59 Å². The molecule has 0 aromatic heterocycles. The van der Waals surface area contributed by atoms with Gasteiger partial charge < -0.3 is 10.4 Å². The van der Waals surface area contributed by atoms with Gasteiger partial charge in [-0.3, -0.25) is 14.5 Å². The lowest BCUT2D eigenvalue weighted by Gasteiger charge is -2.24. The largest absolute Gasteiger partial charge is 0.480 e. The van der Waals surface area contributed by atoms with E-state index in [-0.39, 0.29) is 31.1 Å². The molecule has 0 saturated carbocycles. The minimum Gasteiger partial charge on any atom is -0.480 e. The van der Waals surface area contributed by atoms with Crippen molar-refractivity contribution in [2.75, 3.05) is 13.1 Å². The Hall–Kier alpha value is -1.59. The fourth-order valence-corrected chi connectivity index (χ4v) is 2.03. The Bertz CT molecular complexity index is 488. The van der Waals surface area contributed by atoms with E-state index in [1.807, 2.05) is 32.9 Å². The van der Waals surface area contributed by atoms with Crippen LogP contribution in [0.25, 0.3) is 0 Å². The number of halogens is 1. The Balaban J connectivity index is 2.58. The molecule has 21 heavy (non-hydrogen) atoms. The van der Waals surface area contributed by atoms with Crippen molar-refractivity contribution in [2.45, 2.75) is 32.9 Å². The highest BCUT2D eigenvalue weighted by molar-refractivity contribution is 6.30. The first-order chi connectivity index (χ1) is 9.79. The molecule has 1 amide bonds. The van der Waals surface area contributed by atoms with Gasteiger partial charge in [-0.2, -0.15) is 0 Å².